The highest BCUT2D eigenvalue weighted by Crippen LogP contribution is 2.67. The van der Waals surface area contributed by atoms with Gasteiger partial charge in [0.2, 0.25) is 0 Å². The summed E-state index contributed by atoms with van der Waals surface area (Å²) in [5, 5.41) is 12.1. The third kappa shape index (κ3) is 4.92. The van der Waals surface area contributed by atoms with Crippen LogP contribution in [0.2, 0.25) is 0 Å². The van der Waals surface area contributed by atoms with E-state index in [1.807, 2.05) is 20.8 Å². The second-order valence-corrected chi connectivity index (χ2v) is 12.7. The van der Waals surface area contributed by atoms with Crippen molar-refractivity contribution in [2.75, 3.05) is 13.2 Å². The van der Waals surface area contributed by atoms with Gasteiger partial charge in [0.1, 0.15) is 35.4 Å². The van der Waals surface area contributed by atoms with E-state index in [4.69, 9.17) is 23.4 Å². The van der Waals surface area contributed by atoms with E-state index < -0.39 is 58.2 Å². The average Bonchev–Trinajstić information content (AvgIpc) is 2.92. The first-order chi connectivity index (χ1) is 19.8. The molecule has 0 bridgehead atoms. The van der Waals surface area contributed by atoms with Crippen molar-refractivity contribution in [3.8, 4) is 17.1 Å². The molecule has 1 aliphatic heterocycles. The molecule has 0 aromatic carbocycles. The van der Waals surface area contributed by atoms with Crippen molar-refractivity contribution >= 4 is 11.9 Å². The fraction of sp³-hybridized carbons (Fsp3) is 0.625. The second kappa shape index (κ2) is 11.1. The number of rotatable bonds is 7. The zero-order valence-corrected chi connectivity index (χ0v) is 25.2. The summed E-state index contributed by atoms with van der Waals surface area (Å²) in [6.45, 7) is 11.3. The quantitative estimate of drug-likeness (QED) is 0.460. The molecule has 8 atom stereocenters. The molecule has 2 aromatic heterocycles. The molecule has 0 saturated heterocycles. The van der Waals surface area contributed by atoms with Crippen LogP contribution in [-0.2, 0) is 23.8 Å². The Bertz CT molecular complexity index is 1390. The SMILES string of the molecule is CCCO[C@H]1CC2C(C)(COC(C)=O)[C@@H](OC(C)=O)CC[C@]2(C)C2[C@@H](O)c3c(cc(-c4cccnc4)oc3=O)O[C@@]21C. The van der Waals surface area contributed by atoms with Gasteiger partial charge in [-0.15, -0.1) is 0 Å². The molecule has 3 aliphatic rings. The molecule has 0 spiro atoms. The van der Waals surface area contributed by atoms with Crippen molar-refractivity contribution in [3.05, 3.63) is 46.6 Å². The largest absolute Gasteiger partial charge is 0.484 e. The maximum Gasteiger partial charge on any atom is 0.345 e. The normalized spacial score (nSPS) is 35.2. The summed E-state index contributed by atoms with van der Waals surface area (Å²) in [6, 6.07) is 5.18. The van der Waals surface area contributed by atoms with Crippen molar-refractivity contribution in [1.29, 1.82) is 0 Å². The molecule has 0 amide bonds. The highest BCUT2D eigenvalue weighted by molar-refractivity contribution is 5.67. The third-order valence-electron chi connectivity index (χ3n) is 9.95. The molecule has 0 radical (unpaired) electrons. The summed E-state index contributed by atoms with van der Waals surface area (Å²) >= 11 is 0. The van der Waals surface area contributed by atoms with Gasteiger partial charge >= 0.3 is 17.6 Å². The summed E-state index contributed by atoms with van der Waals surface area (Å²) in [5.41, 5.74) is -2.39. The summed E-state index contributed by atoms with van der Waals surface area (Å²) in [7, 11) is 0. The van der Waals surface area contributed by atoms with Crippen LogP contribution in [0.4, 0.5) is 0 Å². The first-order valence-corrected chi connectivity index (χ1v) is 14.7. The monoisotopic (exact) mass is 583 g/mol. The Morgan fingerprint density at radius 1 is 1.17 bits per heavy atom. The highest BCUT2D eigenvalue weighted by atomic mass is 16.6. The molecule has 3 heterocycles. The standard InChI is InChI=1S/C32H41NO9/c1-7-13-38-25-15-23-30(4,11-10-24(40-19(3)35)31(23,5)17-39-18(2)34)28-27(36)26-22(42-32(25,28)6)14-21(41-29(26)37)20-9-8-12-33-16-20/h8-9,12,14,16,23-25,27-28,36H,7,10-11,13,15,17H2,1-6H3/t23?,24-,25-,27-,28?,30-,31?,32+/m0/s1. The lowest BCUT2D eigenvalue weighted by molar-refractivity contribution is -0.274. The maximum absolute atomic E-state index is 13.5. The number of carbonyl (C=O) groups excluding carboxylic acids is 2. The van der Waals surface area contributed by atoms with Crippen molar-refractivity contribution in [2.45, 2.75) is 91.1 Å². The molecular formula is C32H41NO9. The lowest BCUT2D eigenvalue weighted by Crippen LogP contribution is -2.71. The fourth-order valence-electron chi connectivity index (χ4n) is 8.17. The third-order valence-corrected chi connectivity index (χ3v) is 9.95. The average molecular weight is 584 g/mol. The Morgan fingerprint density at radius 3 is 2.57 bits per heavy atom. The number of carbonyl (C=O) groups is 2. The van der Waals surface area contributed by atoms with Crippen LogP contribution in [0, 0.1) is 22.7 Å². The van der Waals surface area contributed by atoms with Crippen molar-refractivity contribution in [3.63, 3.8) is 0 Å². The van der Waals surface area contributed by atoms with Crippen molar-refractivity contribution in [2.24, 2.45) is 22.7 Å². The lowest BCUT2D eigenvalue weighted by Gasteiger charge is -2.66. The fourth-order valence-corrected chi connectivity index (χ4v) is 8.17. The van der Waals surface area contributed by atoms with E-state index >= 15 is 0 Å². The zero-order valence-electron chi connectivity index (χ0n) is 25.2. The van der Waals surface area contributed by atoms with E-state index in [9.17, 15) is 19.5 Å². The van der Waals surface area contributed by atoms with Crippen LogP contribution >= 0.6 is 0 Å². The highest BCUT2D eigenvalue weighted by Gasteiger charge is 2.70. The predicted molar refractivity (Wildman–Crippen MR) is 151 cm³/mol. The minimum atomic E-state index is -1.22. The Hall–Kier alpha value is -3.24. The van der Waals surface area contributed by atoms with Crippen LogP contribution in [0.15, 0.2) is 39.8 Å². The van der Waals surface area contributed by atoms with Crippen LogP contribution in [0.1, 0.15) is 78.9 Å². The molecule has 2 aromatic rings. The molecule has 2 saturated carbocycles. The number of nitrogens with zero attached hydrogens (tertiary/aromatic N) is 1. The van der Waals surface area contributed by atoms with Gasteiger partial charge in [-0.2, -0.15) is 0 Å². The molecule has 1 N–H and O–H groups in total. The number of aromatic nitrogens is 1. The van der Waals surface area contributed by atoms with Gasteiger partial charge in [0.05, 0.1) is 12.2 Å². The van der Waals surface area contributed by atoms with Gasteiger partial charge in [0, 0.05) is 55.8 Å². The summed E-state index contributed by atoms with van der Waals surface area (Å²) in [6.07, 6.45) is 3.38. The van der Waals surface area contributed by atoms with Crippen molar-refractivity contribution < 1.29 is 38.1 Å². The van der Waals surface area contributed by atoms with Crippen LogP contribution in [0.5, 0.6) is 5.75 Å². The van der Waals surface area contributed by atoms with Gasteiger partial charge in [-0.3, -0.25) is 14.6 Å². The number of pyridine rings is 1. The number of aliphatic hydroxyl groups is 1. The first kappa shape index (κ1) is 30.2. The van der Waals surface area contributed by atoms with Crippen LogP contribution in [0.25, 0.3) is 11.3 Å². The topological polar surface area (TPSA) is 134 Å². The van der Waals surface area contributed by atoms with Crippen molar-refractivity contribution in [1.82, 2.24) is 4.98 Å². The number of esters is 2. The summed E-state index contributed by atoms with van der Waals surface area (Å²) in [5.74, 6) is -1.08. The zero-order chi connectivity index (χ0) is 30.4. The smallest absolute Gasteiger partial charge is 0.345 e. The Morgan fingerprint density at radius 2 is 1.93 bits per heavy atom. The predicted octanol–water partition coefficient (Wildman–Crippen LogP) is 4.62. The molecule has 42 heavy (non-hydrogen) atoms. The first-order valence-electron chi connectivity index (χ1n) is 14.7. The summed E-state index contributed by atoms with van der Waals surface area (Å²) in [4.78, 5) is 41.7. The van der Waals surface area contributed by atoms with Gasteiger partial charge < -0.3 is 28.5 Å². The van der Waals surface area contributed by atoms with Crippen LogP contribution in [0.3, 0.4) is 0 Å². The lowest BCUT2D eigenvalue weighted by atomic mass is 9.42. The van der Waals surface area contributed by atoms with E-state index in [0.29, 0.717) is 37.2 Å². The number of aliphatic hydroxyl groups excluding tert-OH is 1. The number of hydrogen-bond donors (Lipinski definition) is 1. The van der Waals surface area contributed by atoms with E-state index in [1.54, 1.807) is 30.6 Å². The van der Waals surface area contributed by atoms with Crippen LogP contribution in [-0.4, -0.2) is 53.1 Å². The number of fused-ring (bicyclic) bond motifs is 4. The molecular weight excluding hydrogens is 542 g/mol. The van der Waals surface area contributed by atoms with Gasteiger partial charge in [-0.25, -0.2) is 4.79 Å². The van der Waals surface area contributed by atoms with Gasteiger partial charge in [-0.1, -0.05) is 20.8 Å². The van der Waals surface area contributed by atoms with Gasteiger partial charge in [0.25, 0.3) is 0 Å². The van der Waals surface area contributed by atoms with E-state index in [2.05, 4.69) is 11.9 Å². The molecule has 10 heteroatoms. The molecule has 5 rings (SSSR count). The second-order valence-electron chi connectivity index (χ2n) is 12.7. The Labute approximate surface area is 245 Å². The number of ether oxygens (including phenoxy) is 4. The Kier molecular flexibility index (Phi) is 8.00. The molecule has 228 valence electrons. The number of hydrogen-bond acceptors (Lipinski definition) is 10. The molecule has 2 fully saturated rings. The molecule has 3 unspecified atom stereocenters. The van der Waals surface area contributed by atoms with E-state index in [0.717, 1.165) is 6.42 Å². The summed E-state index contributed by atoms with van der Waals surface area (Å²) < 4.78 is 30.4. The van der Waals surface area contributed by atoms with Gasteiger partial charge in [-0.05, 0) is 56.1 Å². The maximum atomic E-state index is 13.5. The molecule has 10 nitrogen and oxygen atoms in total. The Balaban J connectivity index is 1.65. The minimum absolute atomic E-state index is 0.0363. The minimum Gasteiger partial charge on any atom is -0.484 e. The van der Waals surface area contributed by atoms with E-state index in [-0.39, 0.29) is 23.8 Å². The van der Waals surface area contributed by atoms with Gasteiger partial charge in [0.15, 0.2) is 0 Å². The van der Waals surface area contributed by atoms with E-state index in [1.165, 1.54) is 13.8 Å². The van der Waals surface area contributed by atoms with Crippen LogP contribution < -0.4 is 10.4 Å². The molecule has 2 aliphatic carbocycles.